The van der Waals surface area contributed by atoms with Crippen molar-refractivity contribution in [2.75, 3.05) is 12.0 Å². The second-order valence-electron chi connectivity index (χ2n) is 7.81. The van der Waals surface area contributed by atoms with Gasteiger partial charge < -0.3 is 9.47 Å². The molecule has 1 N–H and O–H groups in total. The molecule has 0 saturated carbocycles. The number of hydrogen-bond acceptors (Lipinski definition) is 5. The third-order valence-electron chi connectivity index (χ3n) is 5.39. The van der Waals surface area contributed by atoms with Crippen LogP contribution in [0.25, 0.3) is 6.08 Å². The van der Waals surface area contributed by atoms with E-state index in [1.54, 1.807) is 36.4 Å². The first kappa shape index (κ1) is 25.9. The van der Waals surface area contributed by atoms with Gasteiger partial charge in [-0.1, -0.05) is 45.7 Å². The average Bonchev–Trinajstić information content (AvgIpc) is 2.83. The summed E-state index contributed by atoms with van der Waals surface area (Å²) < 4.78 is 12.8. The zero-order chi connectivity index (χ0) is 26.0. The monoisotopic (exact) mass is 632 g/mol. The van der Waals surface area contributed by atoms with E-state index in [0.29, 0.717) is 32.2 Å². The number of barbiturate groups is 1. The van der Waals surface area contributed by atoms with Crippen molar-refractivity contribution in [1.29, 1.82) is 0 Å². The van der Waals surface area contributed by atoms with Gasteiger partial charge in [0.1, 0.15) is 12.2 Å². The van der Waals surface area contributed by atoms with Crippen LogP contribution in [0.1, 0.15) is 16.7 Å². The Bertz CT molecular complexity index is 1420. The van der Waals surface area contributed by atoms with Crippen LogP contribution in [0.15, 0.2) is 69.1 Å². The standard InChI is InChI=1S/C26H19Br2ClN2O5/c1-14-9-17(7-8-19(14)27)31-25(33)18(24(32)30-26(31)34)10-15-11-20(28)23(22(12-15)35-2)36-13-16-5-3-4-6-21(16)29/h3-12H,13H2,1-2H3,(H,30,32,34)/b18-10-. The summed E-state index contributed by atoms with van der Waals surface area (Å²) in [7, 11) is 1.48. The van der Waals surface area contributed by atoms with E-state index in [0.717, 1.165) is 20.5 Å². The third kappa shape index (κ3) is 5.33. The Hall–Kier alpha value is -3.14. The molecule has 4 amide bonds. The zero-order valence-electron chi connectivity index (χ0n) is 19.1. The summed E-state index contributed by atoms with van der Waals surface area (Å²) in [6.07, 6.45) is 1.40. The van der Waals surface area contributed by atoms with Gasteiger partial charge in [-0.2, -0.15) is 0 Å². The predicted molar refractivity (Wildman–Crippen MR) is 144 cm³/mol. The first-order valence-electron chi connectivity index (χ1n) is 10.6. The largest absolute Gasteiger partial charge is 0.493 e. The zero-order valence-corrected chi connectivity index (χ0v) is 23.0. The Labute approximate surface area is 229 Å². The highest BCUT2D eigenvalue weighted by molar-refractivity contribution is 9.10. The molecule has 3 aromatic carbocycles. The fourth-order valence-electron chi connectivity index (χ4n) is 3.56. The number of hydrogen-bond donors (Lipinski definition) is 1. The number of carbonyl (C=O) groups is 3. The van der Waals surface area contributed by atoms with Gasteiger partial charge in [-0.3, -0.25) is 14.9 Å². The number of ether oxygens (including phenoxy) is 2. The number of nitrogens with one attached hydrogen (secondary N) is 1. The van der Waals surface area contributed by atoms with Crippen LogP contribution < -0.4 is 19.7 Å². The van der Waals surface area contributed by atoms with E-state index in [-0.39, 0.29) is 12.2 Å². The van der Waals surface area contributed by atoms with E-state index in [9.17, 15) is 14.4 Å². The smallest absolute Gasteiger partial charge is 0.335 e. The van der Waals surface area contributed by atoms with Crippen molar-refractivity contribution in [2.24, 2.45) is 0 Å². The van der Waals surface area contributed by atoms with Crippen LogP contribution in [0.5, 0.6) is 11.5 Å². The molecule has 0 radical (unpaired) electrons. The van der Waals surface area contributed by atoms with E-state index < -0.39 is 17.8 Å². The summed E-state index contributed by atoms with van der Waals surface area (Å²) in [6.45, 7) is 2.04. The maximum atomic E-state index is 13.2. The molecule has 4 rings (SSSR count). The predicted octanol–water partition coefficient (Wildman–Crippen LogP) is 6.43. The van der Waals surface area contributed by atoms with E-state index in [2.05, 4.69) is 37.2 Å². The van der Waals surface area contributed by atoms with E-state index >= 15 is 0 Å². The molecule has 1 aliphatic rings. The third-order valence-corrected chi connectivity index (χ3v) is 7.24. The van der Waals surface area contributed by atoms with Crippen molar-refractivity contribution < 1.29 is 23.9 Å². The molecule has 36 heavy (non-hydrogen) atoms. The Morgan fingerprint density at radius 1 is 1.03 bits per heavy atom. The highest BCUT2D eigenvalue weighted by Crippen LogP contribution is 2.38. The van der Waals surface area contributed by atoms with Gasteiger partial charge in [0.15, 0.2) is 11.5 Å². The van der Waals surface area contributed by atoms with Crippen molar-refractivity contribution in [2.45, 2.75) is 13.5 Å². The second-order valence-corrected chi connectivity index (χ2v) is 9.92. The SMILES string of the molecule is COc1cc(/C=C2/C(=O)NC(=O)N(c3ccc(Br)c(C)c3)C2=O)cc(Br)c1OCc1ccccc1Cl. The fraction of sp³-hybridized carbons (Fsp3) is 0.115. The summed E-state index contributed by atoms with van der Waals surface area (Å²) in [5.41, 5.74) is 2.27. The number of rotatable bonds is 6. The van der Waals surface area contributed by atoms with Gasteiger partial charge >= 0.3 is 6.03 Å². The number of nitrogens with zero attached hydrogens (tertiary/aromatic N) is 1. The van der Waals surface area contributed by atoms with Crippen LogP contribution in [0, 0.1) is 6.92 Å². The van der Waals surface area contributed by atoms with Gasteiger partial charge in [-0.25, -0.2) is 9.69 Å². The maximum absolute atomic E-state index is 13.2. The number of aryl methyl sites for hydroxylation is 1. The number of benzene rings is 3. The Balaban J connectivity index is 1.66. The number of amides is 4. The minimum atomic E-state index is -0.814. The van der Waals surface area contributed by atoms with Gasteiger partial charge in [0.25, 0.3) is 11.8 Å². The lowest BCUT2D eigenvalue weighted by Crippen LogP contribution is -2.54. The van der Waals surface area contributed by atoms with Gasteiger partial charge in [-0.05, 0) is 76.5 Å². The topological polar surface area (TPSA) is 84.9 Å². The molecule has 184 valence electrons. The number of halogens is 3. The maximum Gasteiger partial charge on any atom is 0.335 e. The van der Waals surface area contributed by atoms with Gasteiger partial charge in [-0.15, -0.1) is 0 Å². The van der Waals surface area contributed by atoms with Crippen LogP contribution in [0.3, 0.4) is 0 Å². The van der Waals surface area contributed by atoms with Crippen molar-refractivity contribution in [3.8, 4) is 11.5 Å². The lowest BCUT2D eigenvalue weighted by Gasteiger charge is -2.26. The van der Waals surface area contributed by atoms with Crippen molar-refractivity contribution in [3.63, 3.8) is 0 Å². The number of urea groups is 1. The number of methoxy groups -OCH3 is 1. The second kappa shape index (κ2) is 10.9. The quantitative estimate of drug-likeness (QED) is 0.250. The first-order valence-corrected chi connectivity index (χ1v) is 12.6. The van der Waals surface area contributed by atoms with Crippen LogP contribution in [-0.4, -0.2) is 25.0 Å². The van der Waals surface area contributed by atoms with Gasteiger partial charge in [0.05, 0.1) is 17.3 Å². The summed E-state index contributed by atoms with van der Waals surface area (Å²) in [5, 5.41) is 2.81. The number of carbonyl (C=O) groups excluding carboxylic acids is 3. The van der Waals surface area contributed by atoms with Crippen molar-refractivity contribution in [3.05, 3.63) is 90.8 Å². The number of anilines is 1. The summed E-state index contributed by atoms with van der Waals surface area (Å²) >= 11 is 13.1. The van der Waals surface area contributed by atoms with Crippen LogP contribution in [0.2, 0.25) is 5.02 Å². The van der Waals surface area contributed by atoms with Crippen LogP contribution in [-0.2, 0) is 16.2 Å². The average molecular weight is 635 g/mol. The molecule has 1 saturated heterocycles. The van der Waals surface area contributed by atoms with Crippen LogP contribution in [0.4, 0.5) is 10.5 Å². The summed E-state index contributed by atoms with van der Waals surface area (Å²) in [4.78, 5) is 39.2. The molecule has 0 unspecified atom stereocenters. The van der Waals surface area contributed by atoms with Gasteiger partial charge in [0.2, 0.25) is 0 Å². The summed E-state index contributed by atoms with van der Waals surface area (Å²) in [6, 6.07) is 14.9. The summed E-state index contributed by atoms with van der Waals surface area (Å²) in [5.74, 6) is -0.714. The molecular weight excluding hydrogens is 616 g/mol. The minimum Gasteiger partial charge on any atom is -0.493 e. The molecule has 3 aromatic rings. The fourth-order valence-corrected chi connectivity index (χ4v) is 4.57. The van der Waals surface area contributed by atoms with Gasteiger partial charge in [0, 0.05) is 15.1 Å². The van der Waals surface area contributed by atoms with Crippen LogP contribution >= 0.6 is 43.5 Å². The molecule has 0 atom stereocenters. The highest BCUT2D eigenvalue weighted by Gasteiger charge is 2.37. The Morgan fingerprint density at radius 3 is 2.47 bits per heavy atom. The highest BCUT2D eigenvalue weighted by atomic mass is 79.9. The molecule has 10 heteroatoms. The molecule has 0 aromatic heterocycles. The van der Waals surface area contributed by atoms with Crippen molar-refractivity contribution in [1.82, 2.24) is 5.32 Å². The molecule has 0 spiro atoms. The molecule has 0 bridgehead atoms. The normalized spacial score (nSPS) is 14.8. The molecular formula is C26H19Br2ClN2O5. The molecule has 7 nitrogen and oxygen atoms in total. The first-order chi connectivity index (χ1) is 17.2. The molecule has 0 aliphatic carbocycles. The minimum absolute atomic E-state index is 0.200. The van der Waals surface area contributed by atoms with E-state index in [1.165, 1.54) is 13.2 Å². The Kier molecular flexibility index (Phi) is 7.82. The van der Waals surface area contributed by atoms with E-state index in [4.69, 9.17) is 21.1 Å². The Morgan fingerprint density at radius 2 is 1.78 bits per heavy atom. The lowest BCUT2D eigenvalue weighted by atomic mass is 10.1. The molecule has 1 heterocycles. The van der Waals surface area contributed by atoms with E-state index in [1.807, 2.05) is 25.1 Å². The molecule has 1 aliphatic heterocycles. The lowest BCUT2D eigenvalue weighted by molar-refractivity contribution is -0.122. The number of imide groups is 2. The van der Waals surface area contributed by atoms with Crippen molar-refractivity contribution >= 4 is 73.1 Å². The molecule has 1 fully saturated rings.